The Morgan fingerprint density at radius 3 is 2.86 bits per heavy atom. The number of rotatable bonds is 7. The molecular formula is C21H25N3O3S. The molecule has 2 bridgehead atoms. The number of benzene rings is 1. The maximum Gasteiger partial charge on any atom is 0.313 e. The van der Waals surface area contributed by atoms with E-state index >= 15 is 0 Å². The largest absolute Gasteiger partial charge is 0.469 e. The summed E-state index contributed by atoms with van der Waals surface area (Å²) in [5.74, 6) is -0.183. The highest BCUT2D eigenvalue weighted by Gasteiger charge is 2.60. The van der Waals surface area contributed by atoms with E-state index in [-0.39, 0.29) is 24.0 Å². The van der Waals surface area contributed by atoms with Gasteiger partial charge in [0.2, 0.25) is 5.91 Å². The van der Waals surface area contributed by atoms with Gasteiger partial charge >= 0.3 is 5.97 Å². The summed E-state index contributed by atoms with van der Waals surface area (Å²) in [5, 5.41) is 5.00. The van der Waals surface area contributed by atoms with Crippen molar-refractivity contribution in [2.24, 2.45) is 5.41 Å². The van der Waals surface area contributed by atoms with Crippen molar-refractivity contribution in [3.05, 3.63) is 52.5 Å². The highest BCUT2D eigenvalue weighted by Crippen LogP contribution is 2.52. The number of nitrogens with zero attached hydrogens (tertiary/aromatic N) is 2. The predicted molar refractivity (Wildman–Crippen MR) is 107 cm³/mol. The maximum absolute atomic E-state index is 12.8. The van der Waals surface area contributed by atoms with Crippen LogP contribution in [0.4, 0.5) is 0 Å². The number of esters is 1. The summed E-state index contributed by atoms with van der Waals surface area (Å²) >= 11 is 1.54. The lowest BCUT2D eigenvalue weighted by molar-refractivity contribution is -0.155. The van der Waals surface area contributed by atoms with Crippen molar-refractivity contribution < 1.29 is 14.3 Å². The van der Waals surface area contributed by atoms with Gasteiger partial charge in [0.15, 0.2) is 0 Å². The van der Waals surface area contributed by atoms with Crippen LogP contribution in [0, 0.1) is 5.41 Å². The van der Waals surface area contributed by atoms with Crippen molar-refractivity contribution in [3.63, 3.8) is 0 Å². The third kappa shape index (κ3) is 3.56. The molecule has 3 heterocycles. The van der Waals surface area contributed by atoms with E-state index in [1.165, 1.54) is 18.4 Å². The Kier molecular flexibility index (Phi) is 5.46. The van der Waals surface area contributed by atoms with Crippen LogP contribution in [-0.4, -0.2) is 47.5 Å². The second-order valence-electron chi connectivity index (χ2n) is 7.69. The number of aromatic nitrogens is 1. The lowest BCUT2D eigenvalue weighted by Crippen LogP contribution is -2.47. The van der Waals surface area contributed by atoms with Crippen molar-refractivity contribution in [3.8, 4) is 0 Å². The smallest absolute Gasteiger partial charge is 0.313 e. The first kappa shape index (κ1) is 19.1. The quantitative estimate of drug-likeness (QED) is 0.724. The van der Waals surface area contributed by atoms with Gasteiger partial charge in [-0.1, -0.05) is 30.3 Å². The van der Waals surface area contributed by atoms with Crippen LogP contribution in [0.2, 0.25) is 0 Å². The number of amides is 1. The van der Waals surface area contributed by atoms with Crippen molar-refractivity contribution in [1.29, 1.82) is 0 Å². The predicted octanol–water partition coefficient (Wildman–Crippen LogP) is 2.40. The van der Waals surface area contributed by atoms with Crippen LogP contribution in [0.3, 0.4) is 0 Å². The number of fused-ring (bicyclic) bond motifs is 2. The monoisotopic (exact) mass is 399 g/mol. The van der Waals surface area contributed by atoms with Gasteiger partial charge in [0.05, 0.1) is 30.3 Å². The minimum Gasteiger partial charge on any atom is -0.469 e. The van der Waals surface area contributed by atoms with Gasteiger partial charge < -0.3 is 10.1 Å². The Morgan fingerprint density at radius 1 is 1.32 bits per heavy atom. The molecule has 28 heavy (non-hydrogen) atoms. The van der Waals surface area contributed by atoms with E-state index in [4.69, 9.17) is 4.74 Å². The number of methoxy groups -OCH3 is 1. The normalized spacial score (nSPS) is 26.3. The minimum atomic E-state index is -0.606. The molecule has 0 unspecified atom stereocenters. The summed E-state index contributed by atoms with van der Waals surface area (Å²) in [5.41, 5.74) is 3.19. The van der Waals surface area contributed by atoms with Crippen molar-refractivity contribution in [2.45, 2.75) is 44.3 Å². The Balaban J connectivity index is 1.45. The standard InChI is InChI=1S/C21H25N3O3S/c1-27-20(26)21(9-16-13-28-14-23-16)10-17-7-8-18(21)24(17)12-19(25)22-11-15-5-3-2-4-6-15/h2-6,13-14,17-18H,7-12H2,1H3,(H,22,25)/t17-,18+,21+/m1/s1. The molecule has 7 heteroatoms. The molecule has 4 rings (SSSR count). The molecule has 2 aliphatic rings. The molecule has 3 atom stereocenters. The summed E-state index contributed by atoms with van der Waals surface area (Å²) < 4.78 is 5.21. The zero-order valence-electron chi connectivity index (χ0n) is 16.0. The molecular weight excluding hydrogens is 374 g/mol. The summed E-state index contributed by atoms with van der Waals surface area (Å²) in [6.07, 6.45) is 3.24. The molecule has 148 valence electrons. The molecule has 1 aromatic carbocycles. The first-order valence-corrected chi connectivity index (χ1v) is 10.6. The lowest BCUT2D eigenvalue weighted by Gasteiger charge is -2.34. The lowest BCUT2D eigenvalue weighted by atomic mass is 9.71. The Bertz CT molecular complexity index is 827. The van der Waals surface area contributed by atoms with Gasteiger partial charge in [-0.05, 0) is 24.8 Å². The topological polar surface area (TPSA) is 71.5 Å². The second kappa shape index (κ2) is 8.01. The van der Waals surface area contributed by atoms with Gasteiger partial charge in [0, 0.05) is 30.4 Å². The van der Waals surface area contributed by atoms with E-state index in [2.05, 4.69) is 15.2 Å². The summed E-state index contributed by atoms with van der Waals surface area (Å²) in [6.45, 7) is 0.835. The van der Waals surface area contributed by atoms with Gasteiger partial charge in [-0.2, -0.15) is 0 Å². The number of nitrogens with one attached hydrogen (secondary N) is 1. The zero-order chi connectivity index (χ0) is 19.6. The van der Waals surface area contributed by atoms with E-state index < -0.39 is 5.41 Å². The number of carbonyl (C=O) groups is 2. The fourth-order valence-corrected chi connectivity index (χ4v) is 5.45. The van der Waals surface area contributed by atoms with E-state index in [1.54, 1.807) is 5.51 Å². The molecule has 1 aromatic heterocycles. The Morgan fingerprint density at radius 2 is 2.14 bits per heavy atom. The molecule has 1 amide bonds. The first-order chi connectivity index (χ1) is 13.6. The van der Waals surface area contributed by atoms with Crippen LogP contribution in [0.1, 0.15) is 30.5 Å². The second-order valence-corrected chi connectivity index (χ2v) is 8.41. The molecule has 0 spiro atoms. The zero-order valence-corrected chi connectivity index (χ0v) is 16.8. The Hall–Kier alpha value is -2.25. The molecule has 2 aliphatic heterocycles. The number of hydrogen-bond donors (Lipinski definition) is 1. The molecule has 0 radical (unpaired) electrons. The molecule has 6 nitrogen and oxygen atoms in total. The third-order valence-electron chi connectivity index (χ3n) is 6.11. The fraction of sp³-hybridized carbons (Fsp3) is 0.476. The van der Waals surface area contributed by atoms with Crippen LogP contribution in [0.5, 0.6) is 0 Å². The van der Waals surface area contributed by atoms with Crippen LogP contribution in [0.25, 0.3) is 0 Å². The highest BCUT2D eigenvalue weighted by molar-refractivity contribution is 7.07. The van der Waals surface area contributed by atoms with Gasteiger partial charge in [0.1, 0.15) is 0 Å². The SMILES string of the molecule is COC(=O)[C@@]1(Cc2cscn2)C[C@H]2CC[C@@H]1N2CC(=O)NCc1ccccc1. The van der Waals surface area contributed by atoms with E-state index in [0.717, 1.165) is 30.5 Å². The summed E-state index contributed by atoms with van der Waals surface area (Å²) in [4.78, 5) is 32.0. The van der Waals surface area contributed by atoms with Crippen LogP contribution in [0.15, 0.2) is 41.2 Å². The molecule has 2 fully saturated rings. The van der Waals surface area contributed by atoms with Crippen LogP contribution >= 0.6 is 11.3 Å². The van der Waals surface area contributed by atoms with Gasteiger partial charge in [-0.3, -0.25) is 14.5 Å². The Labute approximate surface area is 168 Å². The van der Waals surface area contributed by atoms with E-state index in [1.807, 2.05) is 35.7 Å². The van der Waals surface area contributed by atoms with Gasteiger partial charge in [0.25, 0.3) is 0 Å². The van der Waals surface area contributed by atoms with Gasteiger partial charge in [-0.25, -0.2) is 4.98 Å². The third-order valence-corrected chi connectivity index (χ3v) is 6.75. The van der Waals surface area contributed by atoms with E-state index in [9.17, 15) is 9.59 Å². The summed E-state index contributed by atoms with van der Waals surface area (Å²) in [6, 6.07) is 10.1. The van der Waals surface area contributed by atoms with Gasteiger partial charge in [-0.15, -0.1) is 11.3 Å². The highest BCUT2D eigenvalue weighted by atomic mass is 32.1. The number of carbonyl (C=O) groups excluding carboxylic acids is 2. The van der Waals surface area contributed by atoms with Crippen molar-refractivity contribution in [1.82, 2.24) is 15.2 Å². The van der Waals surface area contributed by atoms with Crippen LogP contribution in [-0.2, 0) is 27.3 Å². The minimum absolute atomic E-state index is 0.00456. The van der Waals surface area contributed by atoms with E-state index in [0.29, 0.717) is 19.5 Å². The molecule has 2 aromatic rings. The average molecular weight is 400 g/mol. The number of ether oxygens (including phenoxy) is 1. The van der Waals surface area contributed by atoms with Crippen molar-refractivity contribution in [2.75, 3.05) is 13.7 Å². The van der Waals surface area contributed by atoms with Crippen molar-refractivity contribution >= 4 is 23.2 Å². The van der Waals surface area contributed by atoms with Crippen LogP contribution < -0.4 is 5.32 Å². The average Bonchev–Trinajstić information content (AvgIpc) is 3.43. The molecule has 2 saturated heterocycles. The molecule has 1 N–H and O–H groups in total. The molecule has 0 saturated carbocycles. The first-order valence-electron chi connectivity index (χ1n) is 9.64. The number of hydrogen-bond acceptors (Lipinski definition) is 6. The maximum atomic E-state index is 12.8. The number of thiazole rings is 1. The summed E-state index contributed by atoms with van der Waals surface area (Å²) in [7, 11) is 1.45. The molecule has 0 aliphatic carbocycles. The fourth-order valence-electron chi connectivity index (χ4n) is 4.90.